The van der Waals surface area contributed by atoms with Gasteiger partial charge in [-0.25, -0.2) is 0 Å². The molecule has 0 amide bonds. The zero-order valence-electron chi connectivity index (χ0n) is 16.8. The zero-order valence-corrected chi connectivity index (χ0v) is 16.8. The maximum absolute atomic E-state index is 11.5. The molecule has 0 aliphatic rings. The summed E-state index contributed by atoms with van der Waals surface area (Å²) in [4.78, 5) is 11.5. The molecule has 0 unspecified atom stereocenters. The van der Waals surface area contributed by atoms with Crippen LogP contribution in [0.15, 0.2) is 0 Å². The summed E-state index contributed by atoms with van der Waals surface area (Å²) >= 11 is 0. The Morgan fingerprint density at radius 3 is 1.62 bits per heavy atom. The van der Waals surface area contributed by atoms with Crippen molar-refractivity contribution in [1.82, 2.24) is 0 Å². The molecule has 144 valence electrons. The Hall–Kier alpha value is -0.410. The van der Waals surface area contributed by atoms with Gasteiger partial charge in [-0.1, -0.05) is 53.4 Å². The Balaban J connectivity index is 3.06. The van der Waals surface area contributed by atoms with Crippen LogP contribution in [0.1, 0.15) is 91.9 Å². The first-order chi connectivity index (χ1) is 11.5. The van der Waals surface area contributed by atoms with Crippen molar-refractivity contribution in [2.45, 2.75) is 91.9 Å². The van der Waals surface area contributed by atoms with Crippen molar-refractivity contribution >= 4 is 5.78 Å². The van der Waals surface area contributed by atoms with Crippen LogP contribution in [0, 0.1) is 11.8 Å². The first kappa shape index (κ1) is 23.6. The smallest absolute Gasteiger partial charge is 0.135 e. The molecule has 0 spiro atoms. The van der Waals surface area contributed by atoms with E-state index in [-0.39, 0.29) is 5.92 Å². The number of hydrogen-bond donors (Lipinski definition) is 0. The number of unbranched alkanes of at least 4 members (excludes halogenated alkanes) is 6. The Morgan fingerprint density at radius 2 is 1.12 bits per heavy atom. The lowest BCUT2D eigenvalue weighted by atomic mass is 10.0. The number of ether oxygens (including phenoxy) is 2. The number of Topliss-reactive ketones (excluding diaryl/α,β-unsaturated/α-hetero) is 1. The molecular weight excluding hydrogens is 300 g/mol. The van der Waals surface area contributed by atoms with Gasteiger partial charge in [0, 0.05) is 38.8 Å². The third-order valence-corrected chi connectivity index (χ3v) is 4.27. The van der Waals surface area contributed by atoms with Gasteiger partial charge >= 0.3 is 0 Å². The van der Waals surface area contributed by atoms with E-state index in [9.17, 15) is 4.79 Å². The molecule has 0 radical (unpaired) electrons. The van der Waals surface area contributed by atoms with Gasteiger partial charge in [0.15, 0.2) is 0 Å². The van der Waals surface area contributed by atoms with Crippen LogP contribution >= 0.6 is 0 Å². The van der Waals surface area contributed by atoms with Crippen LogP contribution in [0.5, 0.6) is 0 Å². The molecule has 0 saturated carbocycles. The van der Waals surface area contributed by atoms with Gasteiger partial charge in [0.25, 0.3) is 0 Å². The summed E-state index contributed by atoms with van der Waals surface area (Å²) in [6.07, 6.45) is 11.4. The third kappa shape index (κ3) is 17.9. The molecule has 0 heterocycles. The largest absolute Gasteiger partial charge is 0.381 e. The highest BCUT2D eigenvalue weighted by Crippen LogP contribution is 2.07. The lowest BCUT2D eigenvalue weighted by molar-refractivity contribution is -0.122. The topological polar surface area (TPSA) is 35.5 Å². The summed E-state index contributed by atoms with van der Waals surface area (Å²) in [5.74, 6) is 1.30. The van der Waals surface area contributed by atoms with E-state index in [1.54, 1.807) is 0 Å². The lowest BCUT2D eigenvalue weighted by Crippen LogP contribution is -2.07. The molecule has 0 fully saturated rings. The first-order valence-corrected chi connectivity index (χ1v) is 10.2. The van der Waals surface area contributed by atoms with Gasteiger partial charge in [0.2, 0.25) is 0 Å². The standard InChI is InChI=1S/C21H42O3/c1-19(2)14-18-24-16-11-8-6-5-7-10-15-23-17-12-9-13-21(22)20(3)4/h19-20H,5-18H2,1-4H3. The first-order valence-electron chi connectivity index (χ1n) is 10.2. The van der Waals surface area contributed by atoms with Crippen molar-refractivity contribution in [3.63, 3.8) is 0 Å². The minimum absolute atomic E-state index is 0.178. The highest BCUT2D eigenvalue weighted by Gasteiger charge is 2.05. The van der Waals surface area contributed by atoms with Gasteiger partial charge in [-0.15, -0.1) is 0 Å². The molecule has 0 aromatic rings. The molecule has 0 N–H and O–H groups in total. The van der Waals surface area contributed by atoms with E-state index in [1.165, 1.54) is 38.5 Å². The molecule has 0 saturated heterocycles. The van der Waals surface area contributed by atoms with Crippen molar-refractivity contribution in [3.05, 3.63) is 0 Å². The minimum atomic E-state index is 0.178. The highest BCUT2D eigenvalue weighted by atomic mass is 16.5. The van der Waals surface area contributed by atoms with E-state index in [2.05, 4.69) is 13.8 Å². The van der Waals surface area contributed by atoms with Crippen molar-refractivity contribution in [1.29, 1.82) is 0 Å². The van der Waals surface area contributed by atoms with Gasteiger partial charge in [-0.2, -0.15) is 0 Å². The average Bonchev–Trinajstić information content (AvgIpc) is 2.53. The second-order valence-electron chi connectivity index (χ2n) is 7.61. The molecule has 24 heavy (non-hydrogen) atoms. The van der Waals surface area contributed by atoms with Crippen molar-refractivity contribution in [2.75, 3.05) is 26.4 Å². The molecule has 0 atom stereocenters. The number of rotatable bonds is 18. The predicted molar refractivity (Wildman–Crippen MR) is 102 cm³/mol. The summed E-state index contributed by atoms with van der Waals surface area (Å²) in [6.45, 7) is 11.9. The number of carbonyl (C=O) groups is 1. The van der Waals surface area contributed by atoms with Crippen molar-refractivity contribution in [2.24, 2.45) is 11.8 Å². The quantitative estimate of drug-likeness (QED) is 0.295. The van der Waals surface area contributed by atoms with Crippen LogP contribution in [0.25, 0.3) is 0 Å². The van der Waals surface area contributed by atoms with Crippen LogP contribution < -0.4 is 0 Å². The monoisotopic (exact) mass is 342 g/mol. The molecule has 0 bridgehead atoms. The average molecular weight is 343 g/mol. The molecule has 0 rings (SSSR count). The van der Waals surface area contributed by atoms with E-state index in [4.69, 9.17) is 9.47 Å². The molecule has 0 aromatic carbocycles. The van der Waals surface area contributed by atoms with Crippen LogP contribution in [0.3, 0.4) is 0 Å². The molecule has 3 nitrogen and oxygen atoms in total. The van der Waals surface area contributed by atoms with Gasteiger partial charge in [-0.05, 0) is 38.0 Å². The summed E-state index contributed by atoms with van der Waals surface area (Å²) in [5.41, 5.74) is 0. The zero-order chi connectivity index (χ0) is 18.0. The van der Waals surface area contributed by atoms with E-state index >= 15 is 0 Å². The Kier molecular flexibility index (Phi) is 17.1. The van der Waals surface area contributed by atoms with Crippen LogP contribution in [0.4, 0.5) is 0 Å². The van der Waals surface area contributed by atoms with E-state index < -0.39 is 0 Å². The van der Waals surface area contributed by atoms with Gasteiger partial charge in [0.05, 0.1) is 0 Å². The fourth-order valence-electron chi connectivity index (χ4n) is 2.43. The number of ketones is 1. The van der Waals surface area contributed by atoms with Crippen LogP contribution in [0.2, 0.25) is 0 Å². The minimum Gasteiger partial charge on any atom is -0.381 e. The van der Waals surface area contributed by atoms with Crippen LogP contribution in [-0.2, 0) is 14.3 Å². The summed E-state index contributed by atoms with van der Waals surface area (Å²) < 4.78 is 11.3. The number of carbonyl (C=O) groups excluding carboxylic acids is 1. The predicted octanol–water partition coefficient (Wildman–Crippen LogP) is 5.80. The normalized spacial score (nSPS) is 11.6. The number of hydrogen-bond acceptors (Lipinski definition) is 3. The molecule has 3 heteroatoms. The maximum Gasteiger partial charge on any atom is 0.135 e. The van der Waals surface area contributed by atoms with E-state index in [1.807, 2.05) is 13.8 Å². The van der Waals surface area contributed by atoms with Gasteiger partial charge in [-0.3, -0.25) is 4.79 Å². The molecule has 0 aliphatic heterocycles. The van der Waals surface area contributed by atoms with E-state index in [0.29, 0.717) is 12.2 Å². The SMILES string of the molecule is CC(C)CCOCCCCCCCCOCCCCC(=O)C(C)C. The molecule has 0 aliphatic carbocycles. The van der Waals surface area contributed by atoms with E-state index in [0.717, 1.165) is 51.6 Å². The second-order valence-corrected chi connectivity index (χ2v) is 7.61. The highest BCUT2D eigenvalue weighted by molar-refractivity contribution is 5.80. The fourth-order valence-corrected chi connectivity index (χ4v) is 2.43. The Labute approximate surface area is 150 Å². The van der Waals surface area contributed by atoms with Gasteiger partial charge < -0.3 is 9.47 Å². The molecular formula is C21H42O3. The Morgan fingerprint density at radius 1 is 0.667 bits per heavy atom. The fraction of sp³-hybridized carbons (Fsp3) is 0.952. The maximum atomic E-state index is 11.5. The summed E-state index contributed by atoms with van der Waals surface area (Å²) in [5, 5.41) is 0. The third-order valence-electron chi connectivity index (χ3n) is 4.27. The van der Waals surface area contributed by atoms with Gasteiger partial charge in [0.1, 0.15) is 5.78 Å². The summed E-state index contributed by atoms with van der Waals surface area (Å²) in [6, 6.07) is 0. The molecule has 0 aromatic heterocycles. The van der Waals surface area contributed by atoms with Crippen LogP contribution in [-0.4, -0.2) is 32.2 Å². The van der Waals surface area contributed by atoms with Crippen molar-refractivity contribution in [3.8, 4) is 0 Å². The second kappa shape index (κ2) is 17.4. The Bertz CT molecular complexity index is 274. The summed E-state index contributed by atoms with van der Waals surface area (Å²) in [7, 11) is 0. The lowest BCUT2D eigenvalue weighted by Gasteiger charge is -2.07. The van der Waals surface area contributed by atoms with Crippen molar-refractivity contribution < 1.29 is 14.3 Å².